The van der Waals surface area contributed by atoms with Gasteiger partial charge in [0, 0.05) is 32.1 Å². The quantitative estimate of drug-likeness (QED) is 0.719. The molecular formula is C15H12BrFO2S. The first-order chi connectivity index (χ1) is 9.54. The molecule has 0 fully saturated rings. The lowest BCUT2D eigenvalue weighted by molar-refractivity contribution is 0.152. The van der Waals surface area contributed by atoms with E-state index in [2.05, 4.69) is 15.9 Å². The van der Waals surface area contributed by atoms with Crippen LogP contribution >= 0.6 is 27.3 Å². The number of fused-ring (bicyclic) bond motifs is 1. The minimum absolute atomic E-state index is 0.301. The highest BCUT2D eigenvalue weighted by molar-refractivity contribution is 9.10. The second kappa shape index (κ2) is 5.31. The molecule has 5 heteroatoms. The molecule has 0 bridgehead atoms. The molecule has 0 amide bonds. The molecule has 0 aliphatic rings. The van der Waals surface area contributed by atoms with Crippen LogP contribution in [-0.4, -0.2) is 5.11 Å². The van der Waals surface area contributed by atoms with Crippen LogP contribution in [0.4, 0.5) is 4.39 Å². The Kier molecular flexibility index (Phi) is 3.67. The van der Waals surface area contributed by atoms with Crippen LogP contribution in [0.25, 0.3) is 11.0 Å². The number of halogens is 2. The van der Waals surface area contributed by atoms with Gasteiger partial charge in [0.2, 0.25) is 0 Å². The molecule has 0 saturated heterocycles. The van der Waals surface area contributed by atoms with Gasteiger partial charge in [0.1, 0.15) is 23.3 Å². The minimum Gasteiger partial charge on any atom is -0.458 e. The first-order valence-electron chi connectivity index (χ1n) is 6.14. The van der Waals surface area contributed by atoms with Crippen LogP contribution in [0.5, 0.6) is 0 Å². The first kappa shape index (κ1) is 13.8. The van der Waals surface area contributed by atoms with Crippen molar-refractivity contribution in [2.24, 2.45) is 0 Å². The second-order valence-electron chi connectivity index (χ2n) is 4.68. The molecule has 104 valence electrons. The molecule has 1 aromatic carbocycles. The zero-order valence-electron chi connectivity index (χ0n) is 10.7. The molecule has 20 heavy (non-hydrogen) atoms. The van der Waals surface area contributed by atoms with E-state index in [9.17, 15) is 9.50 Å². The Hall–Kier alpha value is -1.17. The van der Waals surface area contributed by atoms with Gasteiger partial charge in [0.25, 0.3) is 0 Å². The van der Waals surface area contributed by atoms with Crippen LogP contribution in [0.3, 0.4) is 0 Å². The summed E-state index contributed by atoms with van der Waals surface area (Å²) in [6.07, 6.45) is -0.240. The van der Waals surface area contributed by atoms with E-state index in [-0.39, 0.29) is 5.82 Å². The number of furan rings is 1. The van der Waals surface area contributed by atoms with Crippen LogP contribution in [-0.2, 0) is 6.42 Å². The maximum Gasteiger partial charge on any atom is 0.137 e. The van der Waals surface area contributed by atoms with Gasteiger partial charge in [-0.05, 0) is 47.1 Å². The van der Waals surface area contributed by atoms with E-state index >= 15 is 0 Å². The van der Waals surface area contributed by atoms with Crippen LogP contribution in [0.2, 0.25) is 0 Å². The molecule has 0 saturated carbocycles. The Bertz CT molecular complexity index is 762. The molecule has 0 spiro atoms. The third kappa shape index (κ3) is 2.53. The lowest BCUT2D eigenvalue weighted by Gasteiger charge is -2.07. The average Bonchev–Trinajstić information content (AvgIpc) is 2.94. The largest absolute Gasteiger partial charge is 0.458 e. The lowest BCUT2D eigenvalue weighted by atomic mass is 10.1. The van der Waals surface area contributed by atoms with Gasteiger partial charge < -0.3 is 9.52 Å². The second-order valence-corrected chi connectivity index (χ2v) is 6.59. The molecule has 3 aromatic rings. The number of rotatable bonds is 3. The zero-order valence-corrected chi connectivity index (χ0v) is 13.1. The SMILES string of the molecule is Cc1c(C(O)Cc2cc(Br)cs2)oc2ccc(F)cc12. The van der Waals surface area contributed by atoms with Gasteiger partial charge in [-0.25, -0.2) is 4.39 Å². The molecule has 2 nitrogen and oxygen atoms in total. The molecule has 1 atom stereocenters. The van der Waals surface area contributed by atoms with Crippen molar-refractivity contribution in [1.82, 2.24) is 0 Å². The summed E-state index contributed by atoms with van der Waals surface area (Å²) >= 11 is 4.97. The standard InChI is InChI=1S/C15H12BrFO2S/c1-8-12-5-10(17)2-3-14(12)19-15(8)13(18)6-11-4-9(16)7-20-11/h2-5,7,13,18H,6H2,1H3. The molecule has 1 N–H and O–H groups in total. The number of thiophene rings is 1. The van der Waals surface area contributed by atoms with E-state index in [1.54, 1.807) is 17.4 Å². The van der Waals surface area contributed by atoms with Crippen molar-refractivity contribution in [2.45, 2.75) is 19.4 Å². The number of benzene rings is 1. The Morgan fingerprint density at radius 1 is 1.40 bits per heavy atom. The van der Waals surface area contributed by atoms with Crippen LogP contribution in [0.1, 0.15) is 22.3 Å². The van der Waals surface area contributed by atoms with E-state index in [4.69, 9.17) is 4.42 Å². The van der Waals surface area contributed by atoms with Gasteiger partial charge in [0.05, 0.1) is 0 Å². The lowest BCUT2D eigenvalue weighted by Crippen LogP contribution is -2.00. The van der Waals surface area contributed by atoms with E-state index in [0.29, 0.717) is 23.2 Å². The summed E-state index contributed by atoms with van der Waals surface area (Å²) in [5.41, 5.74) is 1.40. The van der Waals surface area contributed by atoms with Gasteiger partial charge in [-0.1, -0.05) is 0 Å². The number of aliphatic hydroxyl groups excluding tert-OH is 1. The maximum absolute atomic E-state index is 13.3. The van der Waals surface area contributed by atoms with Crippen molar-refractivity contribution < 1.29 is 13.9 Å². The van der Waals surface area contributed by atoms with Crippen LogP contribution in [0.15, 0.2) is 38.5 Å². The molecule has 0 aliphatic carbocycles. The van der Waals surface area contributed by atoms with Crippen LogP contribution in [0, 0.1) is 12.7 Å². The molecule has 1 unspecified atom stereocenters. The molecule has 0 aliphatic heterocycles. The Morgan fingerprint density at radius 2 is 2.20 bits per heavy atom. The number of hydrogen-bond donors (Lipinski definition) is 1. The fourth-order valence-electron chi connectivity index (χ4n) is 2.27. The monoisotopic (exact) mass is 354 g/mol. The van der Waals surface area contributed by atoms with Crippen molar-refractivity contribution in [2.75, 3.05) is 0 Å². The Morgan fingerprint density at radius 3 is 2.90 bits per heavy atom. The first-order valence-corrected chi connectivity index (χ1v) is 7.81. The van der Waals surface area contributed by atoms with Gasteiger partial charge in [-0.3, -0.25) is 0 Å². The summed E-state index contributed by atoms with van der Waals surface area (Å²) in [5, 5.41) is 13.0. The third-order valence-electron chi connectivity index (χ3n) is 3.25. The van der Waals surface area contributed by atoms with E-state index < -0.39 is 6.10 Å². The fourth-order valence-corrected chi connectivity index (χ4v) is 3.76. The average molecular weight is 355 g/mol. The summed E-state index contributed by atoms with van der Waals surface area (Å²) in [4.78, 5) is 1.07. The highest BCUT2D eigenvalue weighted by atomic mass is 79.9. The number of hydrogen-bond acceptors (Lipinski definition) is 3. The van der Waals surface area contributed by atoms with Gasteiger partial charge in [0.15, 0.2) is 0 Å². The van der Waals surface area contributed by atoms with Crippen molar-refractivity contribution >= 4 is 38.2 Å². The molecule has 2 aromatic heterocycles. The molecule has 3 rings (SSSR count). The summed E-state index contributed by atoms with van der Waals surface area (Å²) in [7, 11) is 0. The van der Waals surface area contributed by atoms with Gasteiger partial charge in [-0.15, -0.1) is 11.3 Å². The molecular weight excluding hydrogens is 343 g/mol. The molecule has 0 radical (unpaired) electrons. The van der Waals surface area contributed by atoms with Gasteiger partial charge in [-0.2, -0.15) is 0 Å². The summed E-state index contributed by atoms with van der Waals surface area (Å²) in [6, 6.07) is 6.37. The Balaban J connectivity index is 1.95. The zero-order chi connectivity index (χ0) is 14.3. The van der Waals surface area contributed by atoms with Crippen molar-refractivity contribution in [3.63, 3.8) is 0 Å². The van der Waals surface area contributed by atoms with Crippen LogP contribution < -0.4 is 0 Å². The maximum atomic E-state index is 13.3. The normalized spacial score (nSPS) is 13.0. The topological polar surface area (TPSA) is 33.4 Å². The third-order valence-corrected chi connectivity index (χ3v) is 4.97. The van der Waals surface area contributed by atoms with Crippen molar-refractivity contribution in [3.05, 3.63) is 56.1 Å². The van der Waals surface area contributed by atoms with Crippen molar-refractivity contribution in [3.8, 4) is 0 Å². The minimum atomic E-state index is -0.726. The summed E-state index contributed by atoms with van der Waals surface area (Å²) in [6.45, 7) is 1.84. The van der Waals surface area contributed by atoms with E-state index in [0.717, 1.165) is 14.9 Å². The van der Waals surface area contributed by atoms with Gasteiger partial charge >= 0.3 is 0 Å². The predicted octanol–water partition coefficient (Wildman–Crippen LogP) is 4.98. The highest BCUT2D eigenvalue weighted by Crippen LogP contribution is 2.32. The summed E-state index contributed by atoms with van der Waals surface area (Å²) < 4.78 is 19.9. The Labute approximate surface area is 128 Å². The predicted molar refractivity (Wildman–Crippen MR) is 81.6 cm³/mol. The smallest absolute Gasteiger partial charge is 0.137 e. The van der Waals surface area contributed by atoms with E-state index in [1.165, 1.54) is 12.1 Å². The fraction of sp³-hybridized carbons (Fsp3) is 0.200. The molecule has 2 heterocycles. The van der Waals surface area contributed by atoms with E-state index in [1.807, 2.05) is 18.4 Å². The number of aryl methyl sites for hydroxylation is 1. The summed E-state index contributed by atoms with van der Waals surface area (Å²) in [5.74, 6) is 0.208. The highest BCUT2D eigenvalue weighted by Gasteiger charge is 2.19. The van der Waals surface area contributed by atoms with Crippen molar-refractivity contribution in [1.29, 1.82) is 0 Å². The number of aliphatic hydroxyl groups is 1.